The number of carbonyl (C=O) groups excluding carboxylic acids is 3. The fourth-order valence-electron chi connectivity index (χ4n) is 4.45. The van der Waals surface area contributed by atoms with Crippen molar-refractivity contribution in [2.45, 2.75) is 31.0 Å². The quantitative estimate of drug-likeness (QED) is 0.289. The highest BCUT2D eigenvalue weighted by Crippen LogP contribution is 2.51. The fourth-order valence-corrected chi connectivity index (χ4v) is 4.45. The highest BCUT2D eigenvalue weighted by Gasteiger charge is 2.50. The maximum Gasteiger partial charge on any atom is 0.316 e. The van der Waals surface area contributed by atoms with E-state index in [9.17, 15) is 39.9 Å². The summed E-state index contributed by atoms with van der Waals surface area (Å²) in [6.45, 7) is 1.31. The molecule has 0 aromatic heterocycles. The minimum atomic E-state index is -1.76. The van der Waals surface area contributed by atoms with Gasteiger partial charge in [-0.25, -0.2) is 0 Å². The van der Waals surface area contributed by atoms with Gasteiger partial charge in [0.2, 0.25) is 5.78 Å². The summed E-state index contributed by atoms with van der Waals surface area (Å²) in [6.07, 6.45) is -1.78. The summed E-state index contributed by atoms with van der Waals surface area (Å²) < 4.78 is 4.75. The Morgan fingerprint density at radius 2 is 1.63 bits per heavy atom. The van der Waals surface area contributed by atoms with Crippen molar-refractivity contribution in [2.24, 2.45) is 0 Å². The van der Waals surface area contributed by atoms with Crippen molar-refractivity contribution in [3.05, 3.63) is 51.6 Å². The van der Waals surface area contributed by atoms with Gasteiger partial charge in [-0.3, -0.25) is 14.4 Å². The van der Waals surface area contributed by atoms with Crippen LogP contribution in [-0.4, -0.2) is 55.8 Å². The Morgan fingerprint density at radius 1 is 1.07 bits per heavy atom. The van der Waals surface area contributed by atoms with E-state index in [1.165, 1.54) is 6.92 Å². The maximum atomic E-state index is 13.1. The predicted molar refractivity (Wildman–Crippen MR) is 99.7 cm³/mol. The van der Waals surface area contributed by atoms with Crippen molar-refractivity contribution in [1.82, 2.24) is 0 Å². The van der Waals surface area contributed by atoms with Crippen molar-refractivity contribution in [3.8, 4) is 17.2 Å². The predicted octanol–water partition coefficient (Wildman–Crippen LogP) is 1.02. The maximum absolute atomic E-state index is 13.1. The molecular formula is C21H18O9. The molecule has 4 rings (SSSR count). The van der Waals surface area contributed by atoms with E-state index >= 15 is 0 Å². The molecular weight excluding hydrogens is 396 g/mol. The highest BCUT2D eigenvalue weighted by atomic mass is 16.5. The van der Waals surface area contributed by atoms with Crippen molar-refractivity contribution in [2.75, 3.05) is 7.11 Å². The number of ether oxygens (including phenoxy) is 1. The molecule has 30 heavy (non-hydrogen) atoms. The van der Waals surface area contributed by atoms with Gasteiger partial charge in [0.15, 0.2) is 5.78 Å². The van der Waals surface area contributed by atoms with Crippen LogP contribution in [0.2, 0.25) is 0 Å². The van der Waals surface area contributed by atoms with Crippen LogP contribution < -0.4 is 0 Å². The lowest BCUT2D eigenvalue weighted by atomic mass is 9.68. The summed E-state index contributed by atoms with van der Waals surface area (Å²) in [5, 5.41) is 52.3. The average molecular weight is 414 g/mol. The van der Waals surface area contributed by atoms with Crippen molar-refractivity contribution >= 4 is 17.5 Å². The van der Waals surface area contributed by atoms with Gasteiger partial charge in [-0.15, -0.1) is 0 Å². The lowest BCUT2D eigenvalue weighted by Gasteiger charge is -2.40. The van der Waals surface area contributed by atoms with E-state index in [1.807, 2.05) is 0 Å². The van der Waals surface area contributed by atoms with E-state index in [2.05, 4.69) is 0 Å². The van der Waals surface area contributed by atoms with Gasteiger partial charge < -0.3 is 30.3 Å². The van der Waals surface area contributed by atoms with Crippen molar-refractivity contribution in [1.29, 1.82) is 0 Å². The molecule has 0 radical (unpaired) electrons. The normalized spacial score (nSPS) is 24.7. The van der Waals surface area contributed by atoms with Crippen LogP contribution in [0, 0.1) is 0 Å². The van der Waals surface area contributed by atoms with E-state index in [4.69, 9.17) is 4.74 Å². The third-order valence-electron chi connectivity index (χ3n) is 5.77. The number of phenols is 3. The number of methoxy groups -OCH3 is 1. The Labute approximate surface area is 169 Å². The van der Waals surface area contributed by atoms with E-state index in [1.54, 1.807) is 0 Å². The molecule has 0 saturated carbocycles. The molecule has 9 nitrogen and oxygen atoms in total. The number of hydrogen-bond donors (Lipinski definition) is 5. The molecule has 0 fully saturated rings. The number of benzene rings is 2. The van der Waals surface area contributed by atoms with E-state index < -0.39 is 69.1 Å². The summed E-state index contributed by atoms with van der Waals surface area (Å²) in [6, 6.07) is 3.23. The molecule has 0 unspecified atom stereocenters. The number of esters is 1. The fraction of sp³-hybridized carbons (Fsp3) is 0.286. The third-order valence-corrected chi connectivity index (χ3v) is 5.77. The number of rotatable bonds is 1. The van der Waals surface area contributed by atoms with Crippen LogP contribution in [0.4, 0.5) is 0 Å². The summed E-state index contributed by atoms with van der Waals surface area (Å²) >= 11 is 0. The molecule has 0 bridgehead atoms. The van der Waals surface area contributed by atoms with Crippen LogP contribution >= 0.6 is 0 Å². The topological polar surface area (TPSA) is 162 Å². The Hall–Kier alpha value is -3.43. The lowest BCUT2D eigenvalue weighted by molar-refractivity contribution is -0.151. The standard InChI is InChI=1S/C21H18O9/c1-21(29)6-11(24)12-7(16(21)20(28)30-2)5-8-13(18(12)26)19(27)15-10(23)4-3-9(22)14(15)17(8)25/h3-5,11,16,22-24,26,29H,6H2,1-2H3/t11-,16-,21+/m0/s1. The van der Waals surface area contributed by atoms with E-state index in [0.29, 0.717) is 0 Å². The number of aliphatic hydroxyl groups is 2. The van der Waals surface area contributed by atoms with Crippen LogP contribution in [0.5, 0.6) is 17.2 Å². The van der Waals surface area contributed by atoms with E-state index in [-0.39, 0.29) is 23.1 Å². The van der Waals surface area contributed by atoms with E-state index in [0.717, 1.165) is 25.3 Å². The smallest absolute Gasteiger partial charge is 0.316 e. The molecule has 3 atom stereocenters. The van der Waals surface area contributed by atoms with Gasteiger partial charge in [0.05, 0.1) is 35.5 Å². The zero-order chi connectivity index (χ0) is 22.1. The van der Waals surface area contributed by atoms with Gasteiger partial charge in [-0.2, -0.15) is 0 Å². The first-order valence-electron chi connectivity index (χ1n) is 9.03. The van der Waals surface area contributed by atoms with Crippen molar-refractivity contribution in [3.63, 3.8) is 0 Å². The first-order valence-corrected chi connectivity index (χ1v) is 9.03. The first kappa shape index (κ1) is 19.9. The summed E-state index contributed by atoms with van der Waals surface area (Å²) in [5.41, 5.74) is -3.71. The van der Waals surface area contributed by atoms with Gasteiger partial charge in [0, 0.05) is 17.5 Å². The molecule has 0 amide bonds. The minimum absolute atomic E-state index is 0.0638. The van der Waals surface area contributed by atoms with Gasteiger partial charge in [0.1, 0.15) is 23.2 Å². The van der Waals surface area contributed by atoms with Gasteiger partial charge >= 0.3 is 5.97 Å². The molecule has 0 spiro atoms. The Kier molecular flexibility index (Phi) is 4.16. The SMILES string of the molecule is COC(=O)[C@@H]1c2cc3c(c(O)c2[C@@H](O)C[C@@]1(C)O)C(=O)c1c(O)ccc(O)c1C3=O. The second-order valence-corrected chi connectivity index (χ2v) is 7.70. The monoisotopic (exact) mass is 414 g/mol. The molecule has 2 aliphatic rings. The Bertz CT molecular complexity index is 1150. The molecule has 2 aromatic rings. The van der Waals surface area contributed by atoms with Crippen LogP contribution in [0.3, 0.4) is 0 Å². The van der Waals surface area contributed by atoms with Crippen molar-refractivity contribution < 1.29 is 44.7 Å². The summed E-state index contributed by atoms with van der Waals surface area (Å²) in [7, 11) is 1.10. The molecule has 156 valence electrons. The Balaban J connectivity index is 2.07. The summed E-state index contributed by atoms with van der Waals surface area (Å²) in [5.74, 6) is -5.82. The van der Waals surface area contributed by atoms with Crippen LogP contribution in [0.25, 0.3) is 0 Å². The number of carbonyl (C=O) groups is 3. The number of ketones is 2. The Morgan fingerprint density at radius 3 is 2.20 bits per heavy atom. The van der Waals surface area contributed by atoms with Crippen LogP contribution in [0.15, 0.2) is 18.2 Å². The highest BCUT2D eigenvalue weighted by molar-refractivity contribution is 6.31. The van der Waals surface area contributed by atoms with Gasteiger partial charge in [-0.05, 0) is 30.7 Å². The molecule has 0 saturated heterocycles. The van der Waals surface area contributed by atoms with Gasteiger partial charge in [-0.1, -0.05) is 0 Å². The average Bonchev–Trinajstić information content (AvgIpc) is 2.66. The largest absolute Gasteiger partial charge is 0.507 e. The lowest BCUT2D eigenvalue weighted by Crippen LogP contribution is -2.44. The minimum Gasteiger partial charge on any atom is -0.507 e. The third kappa shape index (κ3) is 2.45. The first-order chi connectivity index (χ1) is 14.0. The zero-order valence-electron chi connectivity index (χ0n) is 16.0. The number of fused-ring (bicyclic) bond motifs is 3. The molecule has 2 aromatic carbocycles. The summed E-state index contributed by atoms with van der Waals surface area (Å²) in [4.78, 5) is 38.5. The molecule has 9 heteroatoms. The molecule has 2 aliphatic carbocycles. The number of aromatic hydroxyl groups is 3. The second-order valence-electron chi connectivity index (χ2n) is 7.70. The van der Waals surface area contributed by atoms with Crippen LogP contribution in [-0.2, 0) is 9.53 Å². The molecule has 5 N–H and O–H groups in total. The van der Waals surface area contributed by atoms with Crippen LogP contribution in [0.1, 0.15) is 68.3 Å². The number of aliphatic hydroxyl groups excluding tert-OH is 1. The number of hydrogen-bond acceptors (Lipinski definition) is 9. The molecule has 0 aliphatic heterocycles. The second kappa shape index (κ2) is 6.28. The van der Waals surface area contributed by atoms with Gasteiger partial charge in [0.25, 0.3) is 0 Å². The number of phenolic OH excluding ortho intramolecular Hbond substituents is 3. The zero-order valence-corrected chi connectivity index (χ0v) is 16.0. The molecule has 0 heterocycles.